The minimum Gasteiger partial charge on any atom is -0.550 e. The number of carboxylic acids is 1. The molecular formula is C28H24FN4O4-. The first-order valence-corrected chi connectivity index (χ1v) is 12.3. The van der Waals surface area contributed by atoms with Gasteiger partial charge in [-0.05, 0) is 31.0 Å². The number of carboxylic acid groups (broad SMARTS) is 1. The van der Waals surface area contributed by atoms with Crippen molar-refractivity contribution in [1.29, 1.82) is 0 Å². The Kier molecular flexibility index (Phi) is 5.75. The maximum atomic E-state index is 14.3. The van der Waals surface area contributed by atoms with E-state index in [0.29, 0.717) is 83.9 Å². The third-order valence-electron chi connectivity index (χ3n) is 7.07. The molecule has 37 heavy (non-hydrogen) atoms. The number of aliphatic carboxylic acids is 1. The molecule has 9 heteroatoms. The van der Waals surface area contributed by atoms with Gasteiger partial charge in [0.05, 0.1) is 22.3 Å². The van der Waals surface area contributed by atoms with Gasteiger partial charge in [-0.2, -0.15) is 0 Å². The summed E-state index contributed by atoms with van der Waals surface area (Å²) in [4.78, 5) is 28.7. The van der Waals surface area contributed by atoms with Crippen LogP contribution in [-0.2, 0) is 4.79 Å². The van der Waals surface area contributed by atoms with Gasteiger partial charge in [-0.25, -0.2) is 4.39 Å². The molecule has 0 saturated carbocycles. The van der Waals surface area contributed by atoms with E-state index < -0.39 is 5.97 Å². The molecule has 188 valence electrons. The molecule has 4 aromatic rings. The highest BCUT2D eigenvalue weighted by atomic mass is 19.1. The fraction of sp³-hybridized carbons (Fsp3) is 0.250. The monoisotopic (exact) mass is 499 g/mol. The summed E-state index contributed by atoms with van der Waals surface area (Å²) in [6.07, 6.45) is 0.280. The molecule has 0 bridgehead atoms. The Morgan fingerprint density at radius 1 is 1.00 bits per heavy atom. The molecule has 1 N–H and O–H groups in total. The van der Waals surface area contributed by atoms with E-state index in [1.165, 1.54) is 6.07 Å². The second kappa shape index (κ2) is 9.24. The molecule has 8 nitrogen and oxygen atoms in total. The number of anilines is 3. The number of piperazine rings is 1. The largest absolute Gasteiger partial charge is 0.550 e. The number of para-hydroxylation sites is 1. The molecule has 1 fully saturated rings. The van der Waals surface area contributed by atoms with Crippen LogP contribution in [0.3, 0.4) is 0 Å². The van der Waals surface area contributed by atoms with Gasteiger partial charge in [-0.15, -0.1) is 0 Å². The maximum Gasteiger partial charge on any atom is 0.196 e. The highest BCUT2D eigenvalue weighted by molar-refractivity contribution is 6.28. The fourth-order valence-electron chi connectivity index (χ4n) is 5.27. The van der Waals surface area contributed by atoms with Crippen LogP contribution in [0.15, 0.2) is 59.1 Å². The predicted molar refractivity (Wildman–Crippen MR) is 136 cm³/mol. The van der Waals surface area contributed by atoms with Crippen LogP contribution in [0.25, 0.3) is 22.2 Å². The van der Waals surface area contributed by atoms with Crippen LogP contribution in [-0.4, -0.2) is 49.6 Å². The Morgan fingerprint density at radius 3 is 2.41 bits per heavy atom. The van der Waals surface area contributed by atoms with Crippen molar-refractivity contribution in [2.75, 3.05) is 47.8 Å². The summed E-state index contributed by atoms with van der Waals surface area (Å²) in [5.74, 6) is -0.941. The number of nitrogens with one attached hydrogen (secondary N) is 1. The van der Waals surface area contributed by atoms with E-state index in [9.17, 15) is 19.1 Å². The number of benzene rings is 3. The lowest BCUT2D eigenvalue weighted by atomic mass is 9.86. The van der Waals surface area contributed by atoms with Crippen molar-refractivity contribution in [2.45, 2.75) is 12.8 Å². The quantitative estimate of drug-likeness (QED) is 0.340. The highest BCUT2D eigenvalue weighted by Crippen LogP contribution is 2.46. The standard InChI is InChI=1S/C28H25FN4O4/c29-19-8-3-4-9-21(19)32-12-14-33(15-13-32)22-16-20(30-11-5-10-23(34)35)24-25-26(22)31-37-28(25)18-7-2-1-6-17(18)27(24)36/h1-4,6-9,16,30H,5,10-15H2,(H,34,35)/p-1. The Balaban J connectivity index is 1.38. The van der Waals surface area contributed by atoms with Crippen molar-refractivity contribution in [3.05, 3.63) is 71.5 Å². The summed E-state index contributed by atoms with van der Waals surface area (Å²) in [5, 5.41) is 19.2. The van der Waals surface area contributed by atoms with E-state index in [-0.39, 0.29) is 18.0 Å². The molecule has 0 unspecified atom stereocenters. The van der Waals surface area contributed by atoms with Gasteiger partial charge < -0.3 is 29.5 Å². The van der Waals surface area contributed by atoms with Crippen LogP contribution in [0.1, 0.15) is 28.8 Å². The number of carbonyl (C=O) groups is 2. The van der Waals surface area contributed by atoms with Crippen molar-refractivity contribution in [3.63, 3.8) is 0 Å². The number of aromatic nitrogens is 1. The molecule has 2 aliphatic rings. The topological polar surface area (TPSA) is 102 Å². The number of carbonyl (C=O) groups excluding carboxylic acids is 2. The van der Waals surface area contributed by atoms with E-state index in [1.54, 1.807) is 18.2 Å². The maximum absolute atomic E-state index is 14.3. The molecule has 1 saturated heterocycles. The van der Waals surface area contributed by atoms with Crippen LogP contribution >= 0.6 is 0 Å². The van der Waals surface area contributed by atoms with Crippen molar-refractivity contribution in [3.8, 4) is 11.3 Å². The van der Waals surface area contributed by atoms with Gasteiger partial charge in [0.1, 0.15) is 11.3 Å². The third kappa shape index (κ3) is 3.96. The number of ketones is 1. The lowest BCUT2D eigenvalue weighted by molar-refractivity contribution is -0.305. The summed E-state index contributed by atoms with van der Waals surface area (Å²) in [6, 6.07) is 15.9. The molecule has 1 aliphatic carbocycles. The molecule has 0 spiro atoms. The highest BCUT2D eigenvalue weighted by Gasteiger charge is 2.34. The summed E-state index contributed by atoms with van der Waals surface area (Å²) < 4.78 is 20.2. The fourth-order valence-corrected chi connectivity index (χ4v) is 5.27. The number of fused-ring (bicyclic) bond motifs is 2. The molecule has 0 radical (unpaired) electrons. The molecule has 1 aliphatic heterocycles. The Morgan fingerprint density at radius 2 is 1.68 bits per heavy atom. The molecule has 3 aromatic carbocycles. The van der Waals surface area contributed by atoms with Crippen LogP contribution in [0.2, 0.25) is 0 Å². The number of hydrogen-bond acceptors (Lipinski definition) is 8. The van der Waals surface area contributed by atoms with Gasteiger partial charge in [0.25, 0.3) is 0 Å². The average Bonchev–Trinajstić information content (AvgIpc) is 3.35. The van der Waals surface area contributed by atoms with Crippen LogP contribution in [0.4, 0.5) is 21.5 Å². The Bertz CT molecular complexity index is 1520. The van der Waals surface area contributed by atoms with Gasteiger partial charge in [-0.3, -0.25) is 4.79 Å². The van der Waals surface area contributed by atoms with Crippen LogP contribution < -0.4 is 20.2 Å². The van der Waals surface area contributed by atoms with Crippen molar-refractivity contribution >= 4 is 39.7 Å². The predicted octanol–water partition coefficient (Wildman–Crippen LogP) is 3.45. The van der Waals surface area contributed by atoms with E-state index >= 15 is 0 Å². The lowest BCUT2D eigenvalue weighted by Crippen LogP contribution is -2.47. The Hall–Kier alpha value is -4.40. The second-order valence-electron chi connectivity index (χ2n) is 9.26. The zero-order valence-electron chi connectivity index (χ0n) is 20.0. The first-order valence-electron chi connectivity index (χ1n) is 12.3. The summed E-state index contributed by atoms with van der Waals surface area (Å²) in [7, 11) is 0. The van der Waals surface area contributed by atoms with Gasteiger partial charge >= 0.3 is 0 Å². The summed E-state index contributed by atoms with van der Waals surface area (Å²) >= 11 is 0. The molecule has 1 aromatic heterocycles. The third-order valence-corrected chi connectivity index (χ3v) is 7.07. The minimum atomic E-state index is -1.11. The van der Waals surface area contributed by atoms with Crippen molar-refractivity contribution < 1.29 is 23.6 Å². The Labute approximate surface area is 212 Å². The molecule has 0 atom stereocenters. The first kappa shape index (κ1) is 23.0. The van der Waals surface area contributed by atoms with Crippen LogP contribution in [0.5, 0.6) is 0 Å². The van der Waals surface area contributed by atoms with Gasteiger partial charge in [-0.1, -0.05) is 41.6 Å². The minimum absolute atomic E-state index is 0.0786. The van der Waals surface area contributed by atoms with E-state index in [1.807, 2.05) is 35.2 Å². The zero-order valence-corrected chi connectivity index (χ0v) is 20.0. The van der Waals surface area contributed by atoms with Crippen molar-refractivity contribution in [2.24, 2.45) is 0 Å². The average molecular weight is 500 g/mol. The van der Waals surface area contributed by atoms with Gasteiger partial charge in [0, 0.05) is 55.5 Å². The number of rotatable bonds is 7. The molecular weight excluding hydrogens is 475 g/mol. The summed E-state index contributed by atoms with van der Waals surface area (Å²) in [6.45, 7) is 2.85. The number of nitrogens with zero attached hydrogens (tertiary/aromatic N) is 3. The van der Waals surface area contributed by atoms with E-state index in [2.05, 4.69) is 15.4 Å². The number of halogens is 1. The van der Waals surface area contributed by atoms with E-state index in [4.69, 9.17) is 4.52 Å². The SMILES string of the molecule is O=C([O-])CCCNc1cc(N2CCN(c3ccccc3F)CC2)c2noc3c2c1C(=O)c1ccccc1-3. The molecule has 2 heterocycles. The number of hydrogen-bond donors (Lipinski definition) is 1. The van der Waals surface area contributed by atoms with Crippen molar-refractivity contribution in [1.82, 2.24) is 5.16 Å². The lowest BCUT2D eigenvalue weighted by Gasteiger charge is -2.37. The summed E-state index contributed by atoms with van der Waals surface area (Å²) in [5.41, 5.74) is 4.33. The van der Waals surface area contributed by atoms with Gasteiger partial charge in [0.15, 0.2) is 11.5 Å². The molecule has 6 rings (SSSR count). The normalized spacial score (nSPS) is 14.7. The first-order chi connectivity index (χ1) is 18.0. The smallest absolute Gasteiger partial charge is 0.196 e. The van der Waals surface area contributed by atoms with Gasteiger partial charge in [0.2, 0.25) is 0 Å². The van der Waals surface area contributed by atoms with E-state index in [0.717, 1.165) is 5.69 Å². The second-order valence-corrected chi connectivity index (χ2v) is 9.26. The van der Waals surface area contributed by atoms with Crippen LogP contribution in [0, 0.1) is 5.82 Å². The zero-order chi connectivity index (χ0) is 25.5. The molecule has 0 amide bonds.